The summed E-state index contributed by atoms with van der Waals surface area (Å²) < 4.78 is 0. The lowest BCUT2D eigenvalue weighted by molar-refractivity contribution is 0.103. The van der Waals surface area contributed by atoms with Crippen molar-refractivity contribution in [3.8, 4) is 0 Å². The molecule has 1 saturated heterocycles. The summed E-state index contributed by atoms with van der Waals surface area (Å²) in [6.07, 6.45) is 0. The molecule has 0 radical (unpaired) electrons. The van der Waals surface area contributed by atoms with Crippen LogP contribution in [0.1, 0.15) is 54.9 Å². The predicted molar refractivity (Wildman–Crippen MR) is 124 cm³/mol. The molecule has 2 heterocycles. The van der Waals surface area contributed by atoms with E-state index in [1.54, 1.807) is 0 Å². The summed E-state index contributed by atoms with van der Waals surface area (Å²) in [5.74, 6) is 0.109. The Labute approximate surface area is 177 Å². The zero-order valence-corrected chi connectivity index (χ0v) is 18.2. The zero-order chi connectivity index (χ0) is 21.2. The number of fused-ring (bicyclic) bond motifs is 4. The number of H-pyrrole nitrogens is 1. The maximum Gasteiger partial charge on any atom is 0.195 e. The number of carbonyl (C=O) groups excluding carboxylic acids is 1. The van der Waals surface area contributed by atoms with E-state index in [9.17, 15) is 4.79 Å². The normalized spacial score (nSPS) is 18.7. The number of nitrogens with two attached hydrogens (primary N) is 1. The summed E-state index contributed by atoms with van der Waals surface area (Å²) in [6, 6.07) is 12.8. The Morgan fingerprint density at radius 2 is 1.77 bits per heavy atom. The van der Waals surface area contributed by atoms with Crippen molar-refractivity contribution in [2.75, 3.05) is 36.8 Å². The maximum absolute atomic E-state index is 13.7. The molecule has 3 aromatic rings. The lowest BCUT2D eigenvalue weighted by Gasteiger charge is -2.39. The van der Waals surface area contributed by atoms with E-state index in [1.807, 2.05) is 18.2 Å². The summed E-state index contributed by atoms with van der Waals surface area (Å²) in [4.78, 5) is 22.1. The van der Waals surface area contributed by atoms with Gasteiger partial charge in [-0.2, -0.15) is 0 Å². The monoisotopic (exact) mass is 402 g/mol. The van der Waals surface area contributed by atoms with Gasteiger partial charge in [0.2, 0.25) is 0 Å². The first-order valence-electron chi connectivity index (χ1n) is 10.9. The van der Waals surface area contributed by atoms with Crippen molar-refractivity contribution < 1.29 is 4.79 Å². The van der Waals surface area contributed by atoms with Crippen molar-refractivity contribution in [2.45, 2.75) is 39.2 Å². The maximum atomic E-state index is 13.7. The molecule has 2 aromatic carbocycles. The summed E-state index contributed by atoms with van der Waals surface area (Å²) in [5.41, 5.74) is 12.2. The van der Waals surface area contributed by atoms with Crippen LogP contribution in [0.4, 0.5) is 11.4 Å². The van der Waals surface area contributed by atoms with Gasteiger partial charge >= 0.3 is 0 Å². The average molecular weight is 403 g/mol. The van der Waals surface area contributed by atoms with Gasteiger partial charge in [-0.1, -0.05) is 26.0 Å². The number of benzene rings is 2. The molecular weight excluding hydrogens is 372 g/mol. The van der Waals surface area contributed by atoms with Crippen LogP contribution in [0.5, 0.6) is 0 Å². The molecule has 0 atom stereocenters. The molecule has 30 heavy (non-hydrogen) atoms. The Balaban J connectivity index is 1.57. The third-order valence-electron chi connectivity index (χ3n) is 7.01. The molecule has 1 aliphatic heterocycles. The van der Waals surface area contributed by atoms with Crippen molar-refractivity contribution in [3.63, 3.8) is 0 Å². The first kappa shape index (κ1) is 19.2. The third kappa shape index (κ3) is 2.76. The molecule has 5 heteroatoms. The number of nitrogen functional groups attached to an aromatic ring is 1. The minimum Gasteiger partial charge on any atom is -0.399 e. The highest BCUT2D eigenvalue weighted by Gasteiger charge is 2.40. The lowest BCUT2D eigenvalue weighted by Crippen LogP contribution is -2.49. The zero-order valence-electron chi connectivity index (χ0n) is 18.2. The first-order chi connectivity index (χ1) is 14.3. The molecule has 0 saturated carbocycles. The van der Waals surface area contributed by atoms with Gasteiger partial charge in [0.25, 0.3) is 0 Å². The molecule has 1 fully saturated rings. The van der Waals surface area contributed by atoms with Gasteiger partial charge in [-0.15, -0.1) is 0 Å². The molecule has 0 unspecified atom stereocenters. The van der Waals surface area contributed by atoms with Gasteiger partial charge in [0.05, 0.1) is 5.56 Å². The van der Waals surface area contributed by atoms with Crippen molar-refractivity contribution in [1.29, 1.82) is 0 Å². The van der Waals surface area contributed by atoms with E-state index in [2.05, 4.69) is 60.7 Å². The topological polar surface area (TPSA) is 65.4 Å². The molecule has 0 bridgehead atoms. The molecule has 156 valence electrons. The summed E-state index contributed by atoms with van der Waals surface area (Å²) >= 11 is 0. The van der Waals surface area contributed by atoms with Gasteiger partial charge in [-0.05, 0) is 43.7 Å². The van der Waals surface area contributed by atoms with Crippen molar-refractivity contribution in [1.82, 2.24) is 9.88 Å². The van der Waals surface area contributed by atoms with Crippen LogP contribution in [0.3, 0.4) is 0 Å². The Hall–Kier alpha value is -2.79. The van der Waals surface area contributed by atoms with E-state index in [0.29, 0.717) is 11.7 Å². The quantitative estimate of drug-likeness (QED) is 0.632. The van der Waals surface area contributed by atoms with Gasteiger partial charge in [-0.25, -0.2) is 0 Å². The fourth-order valence-electron chi connectivity index (χ4n) is 5.15. The highest BCUT2D eigenvalue weighted by molar-refractivity contribution is 6.20. The van der Waals surface area contributed by atoms with E-state index >= 15 is 0 Å². The van der Waals surface area contributed by atoms with Gasteiger partial charge in [0.1, 0.15) is 0 Å². The Morgan fingerprint density at radius 1 is 1.03 bits per heavy atom. The summed E-state index contributed by atoms with van der Waals surface area (Å²) in [7, 11) is 0. The number of aromatic amines is 1. The first-order valence-corrected chi connectivity index (χ1v) is 10.9. The molecule has 2 aliphatic rings. The van der Waals surface area contributed by atoms with E-state index in [0.717, 1.165) is 65.2 Å². The molecule has 0 amide bonds. The molecular formula is C25H30N4O. The number of nitrogens with one attached hydrogen (secondary N) is 1. The number of anilines is 2. The summed E-state index contributed by atoms with van der Waals surface area (Å²) in [5, 5.41) is 0.957. The van der Waals surface area contributed by atoms with Crippen LogP contribution in [0, 0.1) is 0 Å². The minimum absolute atomic E-state index is 0.109. The number of ketones is 1. The highest BCUT2D eigenvalue weighted by atomic mass is 16.1. The SMILES string of the molecule is CC(C)N1CCN(c2ccc3c(c2)C(=O)c2c([nH]c4cc(N)ccc24)C3(C)C)CC1. The standard InChI is InChI=1S/C25H30N4O/c1-15(2)28-9-11-29(12-10-28)17-6-8-20-19(14-17)23(30)22-18-7-5-16(26)13-21(18)27-24(22)25(20,3)4/h5-8,13-15,27H,9-12,26H2,1-4H3. The number of hydrogen-bond acceptors (Lipinski definition) is 4. The molecule has 1 aromatic heterocycles. The van der Waals surface area contributed by atoms with Crippen LogP contribution >= 0.6 is 0 Å². The second kappa shape index (κ2) is 6.61. The van der Waals surface area contributed by atoms with E-state index in [1.165, 1.54) is 0 Å². The van der Waals surface area contributed by atoms with E-state index < -0.39 is 0 Å². The minimum atomic E-state index is -0.277. The van der Waals surface area contributed by atoms with Crippen molar-refractivity contribution in [3.05, 3.63) is 58.8 Å². The molecule has 0 spiro atoms. The van der Waals surface area contributed by atoms with Crippen LogP contribution in [0.2, 0.25) is 0 Å². The predicted octanol–water partition coefficient (Wildman–Crippen LogP) is 4.15. The third-order valence-corrected chi connectivity index (χ3v) is 7.01. The average Bonchev–Trinajstić information content (AvgIpc) is 3.12. The molecule has 1 aliphatic carbocycles. The number of carbonyl (C=O) groups is 1. The van der Waals surface area contributed by atoms with Crippen LogP contribution in [0.15, 0.2) is 36.4 Å². The fourth-order valence-corrected chi connectivity index (χ4v) is 5.15. The summed E-state index contributed by atoms with van der Waals surface area (Å²) in [6.45, 7) is 13.0. The second-order valence-corrected chi connectivity index (χ2v) is 9.48. The van der Waals surface area contributed by atoms with Gasteiger partial charge in [0, 0.05) is 71.2 Å². The lowest BCUT2D eigenvalue weighted by atomic mass is 9.71. The van der Waals surface area contributed by atoms with E-state index in [-0.39, 0.29) is 11.2 Å². The van der Waals surface area contributed by atoms with Crippen molar-refractivity contribution in [2.24, 2.45) is 0 Å². The fraction of sp³-hybridized carbons (Fsp3) is 0.400. The second-order valence-electron chi connectivity index (χ2n) is 9.48. The molecule has 5 nitrogen and oxygen atoms in total. The smallest absolute Gasteiger partial charge is 0.195 e. The number of rotatable bonds is 2. The van der Waals surface area contributed by atoms with Crippen LogP contribution in [0.25, 0.3) is 10.9 Å². The van der Waals surface area contributed by atoms with E-state index in [4.69, 9.17) is 5.73 Å². The largest absolute Gasteiger partial charge is 0.399 e. The Bertz CT molecular complexity index is 1150. The number of piperazine rings is 1. The number of nitrogens with zero attached hydrogens (tertiary/aromatic N) is 2. The Kier molecular flexibility index (Phi) is 4.23. The van der Waals surface area contributed by atoms with Crippen LogP contribution in [-0.2, 0) is 5.41 Å². The highest BCUT2D eigenvalue weighted by Crippen LogP contribution is 2.44. The molecule has 5 rings (SSSR count). The van der Waals surface area contributed by atoms with Crippen molar-refractivity contribution >= 4 is 28.1 Å². The van der Waals surface area contributed by atoms with Crippen LogP contribution in [-0.4, -0.2) is 47.9 Å². The number of hydrogen-bond donors (Lipinski definition) is 2. The van der Waals surface area contributed by atoms with Gasteiger partial charge < -0.3 is 15.6 Å². The van der Waals surface area contributed by atoms with Gasteiger partial charge in [0.15, 0.2) is 5.78 Å². The Morgan fingerprint density at radius 3 is 2.47 bits per heavy atom. The van der Waals surface area contributed by atoms with Gasteiger partial charge in [-0.3, -0.25) is 9.69 Å². The van der Waals surface area contributed by atoms with Crippen LogP contribution < -0.4 is 10.6 Å². The molecule has 3 N–H and O–H groups in total. The number of aromatic nitrogens is 1.